The van der Waals surface area contributed by atoms with Crippen molar-refractivity contribution in [1.82, 2.24) is 4.57 Å². The van der Waals surface area contributed by atoms with Crippen LogP contribution < -0.4 is 33.8 Å². The molecule has 11 heteroatoms. The number of carbonyl (C=O) groups is 1. The van der Waals surface area contributed by atoms with Gasteiger partial charge in [-0.2, -0.15) is 0 Å². The number of aromatic nitrogens is 1. The summed E-state index contributed by atoms with van der Waals surface area (Å²) >= 11 is 3.42. The molecular weight excluding hydrogens is 635 g/mol. The van der Waals surface area contributed by atoms with Crippen molar-refractivity contribution in [3.8, 4) is 23.0 Å². The third-order valence-electron chi connectivity index (χ3n) is 5.84. The van der Waals surface area contributed by atoms with E-state index in [0.29, 0.717) is 57.7 Å². The molecule has 0 saturated carbocycles. The lowest BCUT2D eigenvalue weighted by Gasteiger charge is -2.23. The van der Waals surface area contributed by atoms with Crippen molar-refractivity contribution in [3.63, 3.8) is 0 Å². The van der Waals surface area contributed by atoms with Crippen molar-refractivity contribution >= 4 is 46.0 Å². The standard InChI is InChI=1S/C28H29IN2O7S/c1-6-36-20-10-9-17(14-21(20)37-7-2)24-18(27(33)35-5)15-30-28-31(24)26(32)23(39-28)13-16-11-19(29)25(34-4)22(12-16)38-8-3/h9-15,24H,6-8H2,1-5H3/b23-13+/t24-/m0/s1. The lowest BCUT2D eigenvalue weighted by atomic mass is 9.97. The molecule has 0 N–H and O–H groups in total. The zero-order chi connectivity index (χ0) is 28.1. The van der Waals surface area contributed by atoms with Gasteiger partial charge in [-0.3, -0.25) is 9.36 Å². The summed E-state index contributed by atoms with van der Waals surface area (Å²) in [7, 11) is 2.89. The monoisotopic (exact) mass is 664 g/mol. The molecular formula is C28H29IN2O7S. The molecule has 2 aromatic carbocycles. The Morgan fingerprint density at radius 3 is 2.38 bits per heavy atom. The molecule has 0 amide bonds. The van der Waals surface area contributed by atoms with E-state index in [0.717, 1.165) is 9.13 Å². The fourth-order valence-electron chi connectivity index (χ4n) is 4.27. The first kappa shape index (κ1) is 28.7. The molecule has 1 aliphatic rings. The highest BCUT2D eigenvalue weighted by Crippen LogP contribution is 2.36. The minimum absolute atomic E-state index is 0.237. The lowest BCUT2D eigenvalue weighted by Crippen LogP contribution is -2.39. The molecule has 4 rings (SSSR count). The number of hydrogen-bond donors (Lipinski definition) is 0. The molecule has 1 aliphatic heterocycles. The lowest BCUT2D eigenvalue weighted by molar-refractivity contribution is -0.136. The molecule has 0 radical (unpaired) electrons. The quantitative estimate of drug-likeness (QED) is 0.240. The Morgan fingerprint density at radius 1 is 1.03 bits per heavy atom. The second-order valence-corrected chi connectivity index (χ2v) is 10.4. The van der Waals surface area contributed by atoms with E-state index in [1.807, 2.05) is 39.0 Å². The number of rotatable bonds is 10. The molecule has 0 saturated heterocycles. The van der Waals surface area contributed by atoms with Crippen LogP contribution in [0.15, 0.2) is 51.9 Å². The van der Waals surface area contributed by atoms with Crippen molar-refractivity contribution in [1.29, 1.82) is 0 Å². The van der Waals surface area contributed by atoms with Crippen molar-refractivity contribution in [2.24, 2.45) is 4.99 Å². The van der Waals surface area contributed by atoms with Gasteiger partial charge in [-0.05, 0) is 84.8 Å². The average Bonchev–Trinajstić information content (AvgIpc) is 3.24. The Kier molecular flexibility index (Phi) is 9.33. The molecule has 206 valence electrons. The first-order valence-corrected chi connectivity index (χ1v) is 14.2. The van der Waals surface area contributed by atoms with Crippen LogP contribution in [-0.4, -0.2) is 44.6 Å². The SMILES string of the molecule is CCOc1ccc([C@H]2C(C(=O)OC)=CN=c3s/c(=C/c4cc(I)c(OC)c(OCC)c4)c(=O)n32)cc1OCC. The largest absolute Gasteiger partial charge is 0.492 e. The summed E-state index contributed by atoms with van der Waals surface area (Å²) in [5.74, 6) is 1.76. The minimum Gasteiger partial charge on any atom is -0.492 e. The van der Waals surface area contributed by atoms with Crippen molar-refractivity contribution in [3.05, 3.63) is 76.5 Å². The zero-order valence-corrected chi connectivity index (χ0v) is 25.3. The van der Waals surface area contributed by atoms with Crippen molar-refractivity contribution < 1.29 is 28.5 Å². The molecule has 0 aliphatic carbocycles. The molecule has 3 aromatic rings. The summed E-state index contributed by atoms with van der Waals surface area (Å²) in [5, 5.41) is 0. The van der Waals surface area contributed by atoms with Crippen LogP contribution >= 0.6 is 33.9 Å². The second kappa shape index (κ2) is 12.7. The normalized spacial score (nSPS) is 14.7. The molecule has 0 unspecified atom stereocenters. The van der Waals surface area contributed by atoms with Gasteiger partial charge >= 0.3 is 5.97 Å². The summed E-state index contributed by atoms with van der Waals surface area (Å²) in [6, 6.07) is 8.37. The van der Waals surface area contributed by atoms with E-state index in [1.165, 1.54) is 29.2 Å². The molecule has 0 spiro atoms. The second-order valence-electron chi connectivity index (χ2n) is 8.22. The van der Waals surface area contributed by atoms with Gasteiger partial charge in [0.05, 0.1) is 53.8 Å². The highest BCUT2D eigenvalue weighted by atomic mass is 127. The van der Waals surface area contributed by atoms with Gasteiger partial charge in [0.15, 0.2) is 27.8 Å². The molecule has 1 atom stereocenters. The molecule has 1 aromatic heterocycles. The van der Waals surface area contributed by atoms with Gasteiger partial charge in [0.25, 0.3) is 5.56 Å². The number of ether oxygens (including phenoxy) is 5. The number of hydrogen-bond acceptors (Lipinski definition) is 9. The Hall–Kier alpha value is -3.32. The first-order valence-electron chi connectivity index (χ1n) is 12.4. The maximum absolute atomic E-state index is 13.8. The van der Waals surface area contributed by atoms with E-state index in [1.54, 1.807) is 25.3 Å². The summed E-state index contributed by atoms with van der Waals surface area (Å²) in [4.78, 5) is 31.5. The number of fused-ring (bicyclic) bond motifs is 1. The number of thiazole rings is 1. The number of benzene rings is 2. The maximum Gasteiger partial charge on any atom is 0.337 e. The van der Waals surface area contributed by atoms with Crippen LogP contribution in [0.3, 0.4) is 0 Å². The molecule has 39 heavy (non-hydrogen) atoms. The van der Waals surface area contributed by atoms with Gasteiger partial charge in [-0.1, -0.05) is 17.4 Å². The van der Waals surface area contributed by atoms with Gasteiger partial charge in [0, 0.05) is 6.20 Å². The molecule has 0 fully saturated rings. The van der Waals surface area contributed by atoms with Crippen LogP contribution in [0.4, 0.5) is 0 Å². The van der Waals surface area contributed by atoms with Crippen LogP contribution in [0.1, 0.15) is 37.9 Å². The number of carbonyl (C=O) groups excluding carboxylic acids is 1. The van der Waals surface area contributed by atoms with Gasteiger partial charge in [0.2, 0.25) is 0 Å². The highest BCUT2D eigenvalue weighted by molar-refractivity contribution is 14.1. The summed E-state index contributed by atoms with van der Waals surface area (Å²) in [6.07, 6.45) is 3.25. The Morgan fingerprint density at radius 2 is 1.72 bits per heavy atom. The zero-order valence-electron chi connectivity index (χ0n) is 22.3. The van der Waals surface area contributed by atoms with Crippen molar-refractivity contribution in [2.75, 3.05) is 34.0 Å². The fourth-order valence-corrected chi connectivity index (χ4v) is 6.09. The summed E-state index contributed by atoms with van der Waals surface area (Å²) < 4.78 is 30.6. The van der Waals surface area contributed by atoms with Gasteiger partial charge < -0.3 is 23.7 Å². The molecule has 0 bridgehead atoms. The van der Waals surface area contributed by atoms with Crippen LogP contribution in [0.2, 0.25) is 0 Å². The Balaban J connectivity index is 1.90. The summed E-state index contributed by atoms with van der Waals surface area (Å²) in [5.41, 5.74) is 1.39. The van der Waals surface area contributed by atoms with Gasteiger partial charge in [0.1, 0.15) is 0 Å². The highest BCUT2D eigenvalue weighted by Gasteiger charge is 2.31. The molecule has 2 heterocycles. The minimum atomic E-state index is -0.763. The number of esters is 1. The number of halogens is 1. The molecule has 9 nitrogen and oxygen atoms in total. The average molecular weight is 665 g/mol. The summed E-state index contributed by atoms with van der Waals surface area (Å²) in [6.45, 7) is 7.03. The van der Waals surface area contributed by atoms with Crippen molar-refractivity contribution in [2.45, 2.75) is 26.8 Å². The maximum atomic E-state index is 13.8. The number of nitrogens with zero attached hydrogens (tertiary/aromatic N) is 2. The van der Waals surface area contributed by atoms with E-state index in [-0.39, 0.29) is 11.1 Å². The van der Waals surface area contributed by atoms with Crippen LogP contribution in [0.5, 0.6) is 23.0 Å². The van der Waals surface area contributed by atoms with Crippen LogP contribution in [0.25, 0.3) is 6.08 Å². The van der Waals surface area contributed by atoms with Crippen LogP contribution in [0, 0.1) is 3.57 Å². The van der Waals surface area contributed by atoms with E-state index >= 15 is 0 Å². The van der Waals surface area contributed by atoms with E-state index in [9.17, 15) is 9.59 Å². The van der Waals surface area contributed by atoms with E-state index < -0.39 is 12.0 Å². The third kappa shape index (κ3) is 5.83. The van der Waals surface area contributed by atoms with Crippen LogP contribution in [-0.2, 0) is 9.53 Å². The first-order chi connectivity index (χ1) is 18.9. The van der Waals surface area contributed by atoms with Gasteiger partial charge in [-0.25, -0.2) is 9.79 Å². The topological polar surface area (TPSA) is 97.6 Å². The predicted octanol–water partition coefficient (Wildman–Crippen LogP) is 3.83. The fraction of sp³-hybridized carbons (Fsp3) is 0.321. The Bertz CT molecular complexity index is 1590. The smallest absolute Gasteiger partial charge is 0.337 e. The van der Waals surface area contributed by atoms with Gasteiger partial charge in [-0.15, -0.1) is 0 Å². The third-order valence-corrected chi connectivity index (χ3v) is 7.64. The number of methoxy groups -OCH3 is 2. The van der Waals surface area contributed by atoms with E-state index in [4.69, 9.17) is 23.7 Å². The van der Waals surface area contributed by atoms with E-state index in [2.05, 4.69) is 27.6 Å². The predicted molar refractivity (Wildman–Crippen MR) is 157 cm³/mol. The Labute approximate surface area is 243 Å².